The van der Waals surface area contributed by atoms with Crippen LogP contribution in [0.25, 0.3) is 11.2 Å². The summed E-state index contributed by atoms with van der Waals surface area (Å²) in [5, 5.41) is 23.8. The van der Waals surface area contributed by atoms with Gasteiger partial charge in [0.2, 0.25) is 5.82 Å². The Morgan fingerprint density at radius 1 is 1.34 bits per heavy atom. The largest absolute Gasteiger partial charge is 0.453 e. The summed E-state index contributed by atoms with van der Waals surface area (Å²) in [7, 11) is 1.30. The molecule has 13 nitrogen and oxygen atoms in total. The molecule has 2 fully saturated rings. The standard InChI is InChI=1S/C22H29N7O6/c1-11(2)9-28(22(33)34-3)8-4-5-13-26-18(23)14-19(27-13)29(10-24-14)21-16(31)15(30)17(35-21)20(32)25-12-6-7-12/h10-12,15-17,21,30-31H,6-9H2,1-3H3,(H,25,32)(H2,23,26,27)/t15-,16+,17+,21-/m1/s1. The Kier molecular flexibility index (Phi) is 7.06. The number of imidazole rings is 1. The van der Waals surface area contributed by atoms with Gasteiger partial charge in [-0.15, -0.1) is 0 Å². The number of nitrogen functional groups attached to an aromatic ring is 1. The number of fused-ring (bicyclic) bond motifs is 1. The number of carbonyl (C=O) groups is 2. The van der Waals surface area contributed by atoms with Crippen LogP contribution in [0, 0.1) is 17.8 Å². The number of aliphatic hydroxyl groups is 2. The van der Waals surface area contributed by atoms with Crippen LogP contribution < -0.4 is 11.1 Å². The Balaban J connectivity index is 1.57. The number of ether oxygens (including phenoxy) is 2. The second kappa shape index (κ2) is 10.0. The summed E-state index contributed by atoms with van der Waals surface area (Å²) in [6.45, 7) is 4.50. The number of hydrogen-bond acceptors (Lipinski definition) is 10. The van der Waals surface area contributed by atoms with E-state index in [4.69, 9.17) is 15.2 Å². The number of carbonyl (C=O) groups excluding carboxylic acids is 2. The summed E-state index contributed by atoms with van der Waals surface area (Å²) in [4.78, 5) is 38.5. The van der Waals surface area contributed by atoms with Crippen LogP contribution in [-0.4, -0.2) is 91.2 Å². The van der Waals surface area contributed by atoms with E-state index in [9.17, 15) is 19.8 Å². The molecule has 35 heavy (non-hydrogen) atoms. The topological polar surface area (TPSA) is 178 Å². The third-order valence-corrected chi connectivity index (χ3v) is 5.63. The molecular formula is C22H29N7O6. The molecule has 0 bridgehead atoms. The van der Waals surface area contributed by atoms with Crippen LogP contribution in [0.5, 0.6) is 0 Å². The second-order valence-corrected chi connectivity index (χ2v) is 9.01. The van der Waals surface area contributed by atoms with Gasteiger partial charge in [-0.25, -0.2) is 19.7 Å². The number of amides is 2. The van der Waals surface area contributed by atoms with Crippen LogP contribution in [0.4, 0.5) is 10.6 Å². The normalized spacial score (nSPS) is 23.7. The molecule has 0 aromatic carbocycles. The number of hydrogen-bond donors (Lipinski definition) is 4. The van der Waals surface area contributed by atoms with Gasteiger partial charge >= 0.3 is 6.09 Å². The van der Waals surface area contributed by atoms with E-state index in [1.165, 1.54) is 22.9 Å². The number of aromatic nitrogens is 4. The van der Waals surface area contributed by atoms with Gasteiger partial charge in [0.15, 0.2) is 23.8 Å². The van der Waals surface area contributed by atoms with Gasteiger partial charge in [-0.2, -0.15) is 0 Å². The minimum absolute atomic E-state index is 0.0566. The number of rotatable bonds is 6. The van der Waals surface area contributed by atoms with E-state index in [2.05, 4.69) is 32.1 Å². The van der Waals surface area contributed by atoms with Crippen molar-refractivity contribution in [3.8, 4) is 11.8 Å². The van der Waals surface area contributed by atoms with Crippen molar-refractivity contribution in [3.63, 3.8) is 0 Å². The van der Waals surface area contributed by atoms with Crippen LogP contribution in [0.3, 0.4) is 0 Å². The molecule has 0 spiro atoms. The van der Waals surface area contributed by atoms with Crippen molar-refractivity contribution in [3.05, 3.63) is 12.2 Å². The highest BCUT2D eigenvalue weighted by Gasteiger charge is 2.48. The van der Waals surface area contributed by atoms with Gasteiger partial charge in [-0.1, -0.05) is 19.8 Å². The summed E-state index contributed by atoms with van der Waals surface area (Å²) >= 11 is 0. The van der Waals surface area contributed by atoms with E-state index in [1.54, 1.807) is 0 Å². The molecule has 1 saturated carbocycles. The van der Waals surface area contributed by atoms with Crippen molar-refractivity contribution in [2.45, 2.75) is 57.3 Å². The van der Waals surface area contributed by atoms with Gasteiger partial charge < -0.3 is 30.7 Å². The molecule has 2 aromatic heterocycles. The highest BCUT2D eigenvalue weighted by atomic mass is 16.6. The van der Waals surface area contributed by atoms with Gasteiger partial charge in [0.05, 0.1) is 20.0 Å². The number of nitrogens with one attached hydrogen (secondary N) is 1. The van der Waals surface area contributed by atoms with E-state index < -0.39 is 36.5 Å². The molecule has 0 radical (unpaired) electrons. The number of nitrogens with two attached hydrogens (primary N) is 1. The Hall–Kier alpha value is -3.47. The molecule has 13 heteroatoms. The van der Waals surface area contributed by atoms with Gasteiger partial charge in [-0.3, -0.25) is 14.3 Å². The maximum atomic E-state index is 12.4. The fraction of sp³-hybridized carbons (Fsp3) is 0.591. The molecule has 5 N–H and O–H groups in total. The fourth-order valence-corrected chi connectivity index (χ4v) is 3.78. The molecule has 4 atom stereocenters. The summed E-state index contributed by atoms with van der Waals surface area (Å²) in [6, 6.07) is 0.0767. The molecular weight excluding hydrogens is 458 g/mol. The second-order valence-electron chi connectivity index (χ2n) is 9.01. The molecule has 3 heterocycles. The first-order valence-electron chi connectivity index (χ1n) is 11.3. The first-order chi connectivity index (χ1) is 16.7. The lowest BCUT2D eigenvalue weighted by Gasteiger charge is -2.20. The average Bonchev–Trinajstić information content (AvgIpc) is 3.45. The smallest absolute Gasteiger partial charge is 0.410 e. The molecule has 0 unspecified atom stereocenters. The Morgan fingerprint density at radius 3 is 2.74 bits per heavy atom. The van der Waals surface area contributed by atoms with E-state index in [0.29, 0.717) is 6.54 Å². The Bertz CT molecular complexity index is 1170. The van der Waals surface area contributed by atoms with E-state index in [1.807, 2.05) is 13.8 Å². The van der Waals surface area contributed by atoms with E-state index in [0.717, 1.165) is 12.8 Å². The van der Waals surface area contributed by atoms with Crippen LogP contribution in [0.2, 0.25) is 0 Å². The SMILES string of the molecule is COC(=O)N(CC#Cc1nc(N)c2ncn([C@@H]3O[C@H](C(=O)NC4CC4)[C@H](O)[C@@H]3O)c2n1)CC(C)C. The minimum atomic E-state index is -1.43. The lowest BCUT2D eigenvalue weighted by Crippen LogP contribution is -2.43. The monoisotopic (exact) mass is 487 g/mol. The predicted molar refractivity (Wildman–Crippen MR) is 123 cm³/mol. The Labute approximate surface area is 201 Å². The van der Waals surface area contributed by atoms with Crippen molar-refractivity contribution in [1.29, 1.82) is 0 Å². The molecule has 2 amide bonds. The molecule has 4 rings (SSSR count). The highest BCUT2D eigenvalue weighted by molar-refractivity contribution is 5.83. The summed E-state index contributed by atoms with van der Waals surface area (Å²) in [5.74, 6) is 5.50. The number of aliphatic hydroxyl groups excluding tert-OH is 2. The number of anilines is 1. The highest BCUT2D eigenvalue weighted by Crippen LogP contribution is 2.33. The first kappa shape index (κ1) is 24.6. The quantitative estimate of drug-likeness (QED) is 0.384. The van der Waals surface area contributed by atoms with Crippen molar-refractivity contribution in [1.82, 2.24) is 29.7 Å². The zero-order chi connectivity index (χ0) is 25.3. The third-order valence-electron chi connectivity index (χ3n) is 5.63. The first-order valence-corrected chi connectivity index (χ1v) is 11.3. The fourth-order valence-electron chi connectivity index (χ4n) is 3.78. The van der Waals surface area contributed by atoms with Crippen molar-refractivity contribution in [2.24, 2.45) is 5.92 Å². The maximum absolute atomic E-state index is 12.4. The zero-order valence-corrected chi connectivity index (χ0v) is 19.7. The molecule has 188 valence electrons. The number of nitrogens with zero attached hydrogens (tertiary/aromatic N) is 5. The molecule has 2 aliphatic rings. The van der Waals surface area contributed by atoms with Crippen LogP contribution in [-0.2, 0) is 14.3 Å². The van der Waals surface area contributed by atoms with Gasteiger partial charge in [-0.05, 0) is 24.7 Å². The molecule has 2 aromatic rings. The van der Waals surface area contributed by atoms with Crippen molar-refractivity contribution in [2.75, 3.05) is 25.9 Å². The predicted octanol–water partition coefficient (Wildman–Crippen LogP) is -0.618. The minimum Gasteiger partial charge on any atom is -0.453 e. The average molecular weight is 488 g/mol. The molecule has 1 saturated heterocycles. The lowest BCUT2D eigenvalue weighted by molar-refractivity contribution is -0.137. The van der Waals surface area contributed by atoms with Crippen LogP contribution in [0.15, 0.2) is 6.33 Å². The van der Waals surface area contributed by atoms with Crippen LogP contribution >= 0.6 is 0 Å². The summed E-state index contributed by atoms with van der Waals surface area (Å²) < 4.78 is 11.9. The van der Waals surface area contributed by atoms with Crippen LogP contribution in [0.1, 0.15) is 38.7 Å². The van der Waals surface area contributed by atoms with E-state index >= 15 is 0 Å². The molecule has 1 aliphatic heterocycles. The number of methoxy groups -OCH3 is 1. The third kappa shape index (κ3) is 5.29. The van der Waals surface area contributed by atoms with Gasteiger partial charge in [0.25, 0.3) is 5.91 Å². The van der Waals surface area contributed by atoms with Crippen molar-refractivity contribution >= 4 is 29.0 Å². The summed E-state index contributed by atoms with van der Waals surface area (Å²) in [6.07, 6.45) is -2.59. The van der Waals surface area contributed by atoms with Gasteiger partial charge in [0.1, 0.15) is 17.7 Å². The molecule has 1 aliphatic carbocycles. The van der Waals surface area contributed by atoms with Crippen molar-refractivity contribution < 1.29 is 29.3 Å². The lowest BCUT2D eigenvalue weighted by atomic mass is 10.1. The summed E-state index contributed by atoms with van der Waals surface area (Å²) in [5.41, 5.74) is 6.51. The maximum Gasteiger partial charge on any atom is 0.410 e. The van der Waals surface area contributed by atoms with Gasteiger partial charge in [0, 0.05) is 12.6 Å². The zero-order valence-electron chi connectivity index (χ0n) is 19.7. The van der Waals surface area contributed by atoms with E-state index in [-0.39, 0.29) is 41.3 Å². The Morgan fingerprint density at radius 2 is 2.09 bits per heavy atom.